The van der Waals surface area contributed by atoms with Gasteiger partial charge in [-0.2, -0.15) is 0 Å². The molecule has 6 N–H and O–H groups in total. The number of benzene rings is 2. The average molecular weight is 473 g/mol. The predicted octanol–water partition coefficient (Wildman–Crippen LogP) is 2.60. The normalized spacial score (nSPS) is 10.6. The molecule has 9 heteroatoms. The first-order valence-corrected chi connectivity index (χ1v) is 11.4. The molecule has 2 rings (SSSR count). The van der Waals surface area contributed by atoms with Crippen LogP contribution >= 0.6 is 24.4 Å². The monoisotopic (exact) mass is 472 g/mol. The van der Waals surface area contributed by atoms with Crippen LogP contribution in [0, 0.1) is 0 Å². The lowest BCUT2D eigenvalue weighted by atomic mass is 10.1. The third-order valence-corrected chi connectivity index (χ3v) is 5.20. The minimum Gasteiger partial charge on any atom is -0.376 e. The second-order valence-corrected chi connectivity index (χ2v) is 8.15. The molecule has 0 aliphatic heterocycles. The van der Waals surface area contributed by atoms with Gasteiger partial charge in [0.05, 0.1) is 6.54 Å². The van der Waals surface area contributed by atoms with Gasteiger partial charge in [-0.3, -0.25) is 9.69 Å². The van der Waals surface area contributed by atoms with Crippen LogP contribution in [0.1, 0.15) is 22.8 Å². The largest absolute Gasteiger partial charge is 0.376 e. The van der Waals surface area contributed by atoms with Crippen LogP contribution in [0.5, 0.6) is 0 Å². The maximum Gasteiger partial charge on any atom is 0.176 e. The van der Waals surface area contributed by atoms with Gasteiger partial charge in [0.15, 0.2) is 16.0 Å². The summed E-state index contributed by atoms with van der Waals surface area (Å²) in [6, 6.07) is 15.4. The lowest BCUT2D eigenvalue weighted by molar-refractivity contribution is 0.0933. The Kier molecular flexibility index (Phi) is 11.0. The molecule has 32 heavy (non-hydrogen) atoms. The molecule has 0 radical (unpaired) electrons. The highest BCUT2D eigenvalue weighted by molar-refractivity contribution is 7.80. The summed E-state index contributed by atoms with van der Waals surface area (Å²) in [5.74, 6) is 0.0553. The van der Waals surface area contributed by atoms with Crippen LogP contribution in [0.3, 0.4) is 0 Å². The average Bonchev–Trinajstić information content (AvgIpc) is 2.77. The summed E-state index contributed by atoms with van der Waals surface area (Å²) in [6.07, 6.45) is 1.01. The van der Waals surface area contributed by atoms with E-state index in [0.29, 0.717) is 30.3 Å². The molecule has 0 aliphatic carbocycles. The molecule has 7 nitrogen and oxygen atoms in total. The van der Waals surface area contributed by atoms with Crippen LogP contribution in [0.4, 0.5) is 11.4 Å². The van der Waals surface area contributed by atoms with E-state index in [1.807, 2.05) is 19.2 Å². The number of aryl methyl sites for hydroxylation is 1. The van der Waals surface area contributed by atoms with Gasteiger partial charge in [0.1, 0.15) is 0 Å². The maximum atomic E-state index is 12.8. The molecular formula is C23H32N6OS2. The highest BCUT2D eigenvalue weighted by atomic mass is 32.1. The molecule has 0 spiro atoms. The summed E-state index contributed by atoms with van der Waals surface area (Å²) in [4.78, 5) is 14.9. The topological polar surface area (TPSA) is 94.4 Å². The Morgan fingerprint density at radius 3 is 2.12 bits per heavy atom. The smallest absolute Gasteiger partial charge is 0.176 e. The zero-order chi connectivity index (χ0) is 23.3. The van der Waals surface area contributed by atoms with Crippen molar-refractivity contribution in [3.8, 4) is 0 Å². The maximum absolute atomic E-state index is 12.8. The van der Waals surface area contributed by atoms with Crippen LogP contribution in [-0.4, -0.2) is 60.7 Å². The number of hydrogen-bond acceptors (Lipinski definition) is 5. The molecule has 0 aliphatic rings. The lowest BCUT2D eigenvalue weighted by Crippen LogP contribution is -2.41. The number of Topliss-reactive ketones (excluding diaryl/α,β-unsaturated/α-hetero) is 1. The number of anilines is 2. The van der Waals surface area contributed by atoms with E-state index in [0.717, 1.165) is 30.9 Å². The molecule has 0 heterocycles. The number of likely N-dealkylation sites (N-methyl/N-ethyl adjacent to an activating group) is 1. The number of thiocarbonyl (C=S) groups is 2. The van der Waals surface area contributed by atoms with Crippen molar-refractivity contribution < 1.29 is 4.79 Å². The molecule has 0 aromatic heterocycles. The van der Waals surface area contributed by atoms with E-state index in [4.69, 9.17) is 30.2 Å². The zero-order valence-electron chi connectivity index (χ0n) is 18.6. The molecule has 2 aromatic carbocycles. The molecule has 0 saturated carbocycles. The molecule has 0 amide bonds. The second kappa shape index (κ2) is 13.7. The van der Waals surface area contributed by atoms with E-state index in [1.165, 1.54) is 5.56 Å². The van der Waals surface area contributed by atoms with Gasteiger partial charge in [-0.25, -0.2) is 0 Å². The minimum absolute atomic E-state index is 0.0553. The fourth-order valence-corrected chi connectivity index (χ4v) is 3.38. The van der Waals surface area contributed by atoms with Gasteiger partial charge in [0, 0.05) is 43.1 Å². The molecule has 172 valence electrons. The first kappa shape index (κ1) is 25.7. The van der Waals surface area contributed by atoms with E-state index < -0.39 is 0 Å². The number of nitrogens with zero attached hydrogens (tertiary/aromatic N) is 1. The van der Waals surface area contributed by atoms with Gasteiger partial charge < -0.3 is 27.0 Å². The van der Waals surface area contributed by atoms with E-state index in [9.17, 15) is 4.79 Å². The minimum atomic E-state index is 0.0553. The molecule has 2 aromatic rings. The van der Waals surface area contributed by atoms with Crippen molar-refractivity contribution in [2.75, 3.05) is 50.4 Å². The first-order valence-electron chi connectivity index (χ1n) is 10.6. The van der Waals surface area contributed by atoms with Crippen molar-refractivity contribution in [1.29, 1.82) is 0 Å². The van der Waals surface area contributed by atoms with E-state index >= 15 is 0 Å². The van der Waals surface area contributed by atoms with E-state index in [1.54, 1.807) is 24.3 Å². The van der Waals surface area contributed by atoms with Crippen LogP contribution in [0.15, 0.2) is 48.5 Å². The molecule has 0 unspecified atom stereocenters. The Bertz CT molecular complexity index is 886. The standard InChI is InChI=1S/C23H32N6OS2/c1-3-17-4-8-20(9-5-17)28-23(32)26-13-15-29(14-12-25-2)16-21(30)18-6-10-19(11-7-18)27-22(24)31/h4-11,25H,3,12-16H2,1-2H3,(H3,24,27,31)(H2,26,28,32). The highest BCUT2D eigenvalue weighted by Gasteiger charge is 2.13. The van der Waals surface area contributed by atoms with Crippen molar-refractivity contribution in [3.63, 3.8) is 0 Å². The third kappa shape index (κ3) is 9.27. The summed E-state index contributed by atoms with van der Waals surface area (Å²) < 4.78 is 0. The highest BCUT2D eigenvalue weighted by Crippen LogP contribution is 2.11. The fourth-order valence-electron chi connectivity index (χ4n) is 3.04. The molecule has 0 atom stereocenters. The second-order valence-electron chi connectivity index (χ2n) is 7.30. The van der Waals surface area contributed by atoms with E-state index in [-0.39, 0.29) is 10.9 Å². The van der Waals surface area contributed by atoms with Gasteiger partial charge in [-0.1, -0.05) is 19.1 Å². The van der Waals surface area contributed by atoms with Crippen LogP contribution in [-0.2, 0) is 6.42 Å². The Morgan fingerprint density at radius 1 is 0.938 bits per heavy atom. The van der Waals surface area contributed by atoms with Gasteiger partial charge in [0.25, 0.3) is 0 Å². The number of nitrogens with two attached hydrogens (primary N) is 1. The Hall–Kier alpha value is -2.59. The molecular weight excluding hydrogens is 440 g/mol. The van der Waals surface area contributed by atoms with E-state index in [2.05, 4.69) is 45.2 Å². The number of carbonyl (C=O) groups is 1. The Labute approximate surface area is 201 Å². The number of ketones is 1. The van der Waals surface area contributed by atoms with Crippen molar-refractivity contribution >= 4 is 51.8 Å². The summed E-state index contributed by atoms with van der Waals surface area (Å²) in [5, 5.41) is 13.2. The van der Waals surface area contributed by atoms with Crippen LogP contribution in [0.25, 0.3) is 0 Å². The Morgan fingerprint density at radius 2 is 1.53 bits per heavy atom. The third-order valence-electron chi connectivity index (χ3n) is 4.85. The summed E-state index contributed by atoms with van der Waals surface area (Å²) >= 11 is 10.2. The van der Waals surface area contributed by atoms with Crippen molar-refractivity contribution in [3.05, 3.63) is 59.7 Å². The van der Waals surface area contributed by atoms with Crippen molar-refractivity contribution in [2.24, 2.45) is 5.73 Å². The molecule has 0 bridgehead atoms. The van der Waals surface area contributed by atoms with Crippen LogP contribution in [0.2, 0.25) is 0 Å². The Balaban J connectivity index is 1.84. The number of hydrogen-bond donors (Lipinski definition) is 5. The number of nitrogens with one attached hydrogen (secondary N) is 4. The zero-order valence-corrected chi connectivity index (χ0v) is 20.2. The van der Waals surface area contributed by atoms with Gasteiger partial charge in [-0.05, 0) is 79.9 Å². The van der Waals surface area contributed by atoms with Gasteiger partial charge in [0.2, 0.25) is 0 Å². The molecule has 0 fully saturated rings. The fraction of sp³-hybridized carbons (Fsp3) is 0.348. The van der Waals surface area contributed by atoms with Crippen molar-refractivity contribution in [2.45, 2.75) is 13.3 Å². The molecule has 0 saturated heterocycles. The van der Waals surface area contributed by atoms with Gasteiger partial charge in [-0.15, -0.1) is 0 Å². The number of carbonyl (C=O) groups excluding carboxylic acids is 1. The number of rotatable bonds is 12. The van der Waals surface area contributed by atoms with Crippen molar-refractivity contribution in [1.82, 2.24) is 15.5 Å². The lowest BCUT2D eigenvalue weighted by Gasteiger charge is -2.22. The SMILES string of the molecule is CCc1ccc(NC(=S)NCCN(CCNC)CC(=O)c2ccc(NC(N)=S)cc2)cc1. The summed E-state index contributed by atoms with van der Waals surface area (Å²) in [5.41, 5.74) is 9.12. The van der Waals surface area contributed by atoms with Gasteiger partial charge >= 0.3 is 0 Å². The quantitative estimate of drug-likeness (QED) is 0.236. The first-order chi connectivity index (χ1) is 15.4. The summed E-state index contributed by atoms with van der Waals surface area (Å²) in [6.45, 7) is 5.31. The predicted molar refractivity (Wildman–Crippen MR) is 142 cm³/mol. The van der Waals surface area contributed by atoms with Crippen LogP contribution < -0.4 is 27.0 Å². The summed E-state index contributed by atoms with van der Waals surface area (Å²) in [7, 11) is 1.90.